The van der Waals surface area contributed by atoms with Crippen LogP contribution in [0.3, 0.4) is 0 Å². The summed E-state index contributed by atoms with van der Waals surface area (Å²) in [5, 5.41) is 3.25. The molecule has 1 aromatic carbocycles. The lowest BCUT2D eigenvalue weighted by atomic mass is 9.96. The highest BCUT2D eigenvalue weighted by atomic mass is 16.5. The van der Waals surface area contributed by atoms with Crippen molar-refractivity contribution in [3.8, 4) is 0 Å². The number of nitrogens with one attached hydrogen (secondary N) is 1. The number of hydrogen-bond acceptors (Lipinski definition) is 3. The number of amides is 2. The molecule has 130 valence electrons. The van der Waals surface area contributed by atoms with E-state index in [0.717, 1.165) is 57.8 Å². The van der Waals surface area contributed by atoms with Crippen LogP contribution >= 0.6 is 0 Å². The van der Waals surface area contributed by atoms with Crippen LogP contribution in [0.15, 0.2) is 18.2 Å². The Morgan fingerprint density at radius 3 is 2.67 bits per heavy atom. The molecule has 2 fully saturated rings. The van der Waals surface area contributed by atoms with Gasteiger partial charge in [-0.25, -0.2) is 4.79 Å². The number of urea groups is 1. The van der Waals surface area contributed by atoms with Crippen LogP contribution in [-0.4, -0.2) is 44.9 Å². The molecule has 2 aliphatic heterocycles. The number of morpholine rings is 1. The number of carbonyl (C=O) groups is 1. The van der Waals surface area contributed by atoms with E-state index in [4.69, 9.17) is 4.74 Å². The van der Waals surface area contributed by atoms with Gasteiger partial charge in [-0.3, -0.25) is 4.90 Å². The van der Waals surface area contributed by atoms with Gasteiger partial charge in [0.25, 0.3) is 0 Å². The lowest BCUT2D eigenvalue weighted by Gasteiger charge is -2.30. The number of anilines is 2. The van der Waals surface area contributed by atoms with Crippen molar-refractivity contribution in [2.45, 2.75) is 44.6 Å². The minimum Gasteiger partial charge on any atom is -0.378 e. The minimum atomic E-state index is 0.0831. The molecule has 0 bridgehead atoms. The number of fused-ring (bicyclic) bond motifs is 1. The van der Waals surface area contributed by atoms with Crippen molar-refractivity contribution in [3.63, 3.8) is 0 Å². The van der Waals surface area contributed by atoms with Crippen LogP contribution in [0.4, 0.5) is 16.2 Å². The van der Waals surface area contributed by atoms with E-state index >= 15 is 0 Å². The fourth-order valence-electron chi connectivity index (χ4n) is 4.10. The van der Waals surface area contributed by atoms with E-state index in [1.807, 2.05) is 4.90 Å². The standard InChI is InChI=1S/C19H27N3O2/c23-19(20-16-4-2-1-3-5-16)22-9-8-15-6-7-17(14-18(15)22)21-10-12-24-13-11-21/h6-7,14,16H,1-5,8-13H2,(H,20,23). The molecule has 4 rings (SSSR count). The van der Waals surface area contributed by atoms with Gasteiger partial charge in [0.15, 0.2) is 0 Å². The van der Waals surface area contributed by atoms with Gasteiger partial charge in [0.1, 0.15) is 0 Å². The van der Waals surface area contributed by atoms with E-state index in [2.05, 4.69) is 28.4 Å². The first kappa shape index (κ1) is 15.8. The summed E-state index contributed by atoms with van der Waals surface area (Å²) in [4.78, 5) is 17.0. The fourth-order valence-corrected chi connectivity index (χ4v) is 4.10. The van der Waals surface area contributed by atoms with Crippen molar-refractivity contribution in [1.29, 1.82) is 0 Å². The van der Waals surface area contributed by atoms with Crippen LogP contribution in [0.1, 0.15) is 37.7 Å². The smallest absolute Gasteiger partial charge is 0.322 e. The van der Waals surface area contributed by atoms with Gasteiger partial charge in [-0.05, 0) is 37.0 Å². The first-order chi connectivity index (χ1) is 11.8. The second kappa shape index (κ2) is 7.01. The Morgan fingerprint density at radius 2 is 1.88 bits per heavy atom. The molecule has 0 spiro atoms. The maximum Gasteiger partial charge on any atom is 0.322 e. The van der Waals surface area contributed by atoms with Gasteiger partial charge in [0.2, 0.25) is 0 Å². The van der Waals surface area contributed by atoms with Crippen LogP contribution in [-0.2, 0) is 11.2 Å². The molecular weight excluding hydrogens is 302 g/mol. The zero-order valence-electron chi connectivity index (χ0n) is 14.3. The van der Waals surface area contributed by atoms with Gasteiger partial charge in [-0.2, -0.15) is 0 Å². The summed E-state index contributed by atoms with van der Waals surface area (Å²) < 4.78 is 5.44. The predicted octanol–water partition coefficient (Wildman–Crippen LogP) is 2.93. The van der Waals surface area contributed by atoms with E-state index < -0.39 is 0 Å². The van der Waals surface area contributed by atoms with Crippen LogP contribution in [0.25, 0.3) is 0 Å². The number of benzene rings is 1. The molecule has 0 atom stereocenters. The summed E-state index contributed by atoms with van der Waals surface area (Å²) in [5.74, 6) is 0. The molecule has 1 aliphatic carbocycles. The molecule has 1 saturated carbocycles. The highest BCUT2D eigenvalue weighted by Gasteiger charge is 2.27. The Bertz CT molecular complexity index is 592. The Balaban J connectivity index is 1.48. The lowest BCUT2D eigenvalue weighted by Crippen LogP contribution is -2.45. The summed E-state index contributed by atoms with van der Waals surface area (Å²) >= 11 is 0. The quantitative estimate of drug-likeness (QED) is 0.907. The predicted molar refractivity (Wildman–Crippen MR) is 95.9 cm³/mol. The molecule has 0 unspecified atom stereocenters. The molecule has 3 aliphatic rings. The summed E-state index contributed by atoms with van der Waals surface area (Å²) in [5.41, 5.74) is 3.58. The van der Waals surface area contributed by atoms with Gasteiger partial charge in [-0.1, -0.05) is 25.3 Å². The van der Waals surface area contributed by atoms with Crippen molar-refractivity contribution >= 4 is 17.4 Å². The summed E-state index contributed by atoms with van der Waals surface area (Å²) in [7, 11) is 0. The first-order valence-corrected chi connectivity index (χ1v) is 9.35. The molecular formula is C19H27N3O2. The average molecular weight is 329 g/mol. The Labute approximate surface area is 144 Å². The molecule has 5 nitrogen and oxygen atoms in total. The van der Waals surface area contributed by atoms with Crippen molar-refractivity contribution in [2.24, 2.45) is 0 Å². The molecule has 24 heavy (non-hydrogen) atoms. The Hall–Kier alpha value is -1.75. The average Bonchev–Trinajstić information content (AvgIpc) is 3.06. The third kappa shape index (κ3) is 3.22. The van der Waals surface area contributed by atoms with Gasteiger partial charge in [-0.15, -0.1) is 0 Å². The summed E-state index contributed by atoms with van der Waals surface area (Å²) in [6.45, 7) is 4.20. The lowest BCUT2D eigenvalue weighted by molar-refractivity contribution is 0.122. The summed E-state index contributed by atoms with van der Waals surface area (Å²) in [6, 6.07) is 7.01. The molecule has 0 radical (unpaired) electrons. The van der Waals surface area contributed by atoms with Crippen LogP contribution < -0.4 is 15.1 Å². The van der Waals surface area contributed by atoms with Crippen molar-refractivity contribution < 1.29 is 9.53 Å². The third-order valence-electron chi connectivity index (χ3n) is 5.52. The zero-order chi connectivity index (χ0) is 16.4. The van der Waals surface area contributed by atoms with E-state index in [1.54, 1.807) is 0 Å². The second-order valence-corrected chi connectivity index (χ2v) is 7.10. The Kier molecular flexibility index (Phi) is 4.60. The fraction of sp³-hybridized carbons (Fsp3) is 0.632. The molecule has 2 heterocycles. The molecule has 1 aromatic rings. The number of nitrogens with zero attached hydrogens (tertiary/aromatic N) is 2. The largest absolute Gasteiger partial charge is 0.378 e. The number of ether oxygens (including phenoxy) is 1. The number of rotatable bonds is 2. The van der Waals surface area contributed by atoms with E-state index in [0.29, 0.717) is 6.04 Å². The van der Waals surface area contributed by atoms with Crippen molar-refractivity contribution in [3.05, 3.63) is 23.8 Å². The topological polar surface area (TPSA) is 44.8 Å². The normalized spacial score (nSPS) is 21.7. The highest BCUT2D eigenvalue weighted by Crippen LogP contribution is 2.33. The number of hydrogen-bond donors (Lipinski definition) is 1. The zero-order valence-corrected chi connectivity index (χ0v) is 14.3. The van der Waals surface area contributed by atoms with Crippen molar-refractivity contribution in [2.75, 3.05) is 42.6 Å². The van der Waals surface area contributed by atoms with E-state index in [-0.39, 0.29) is 6.03 Å². The SMILES string of the molecule is O=C(NC1CCCCC1)N1CCc2ccc(N3CCOCC3)cc21. The van der Waals surface area contributed by atoms with Gasteiger partial charge >= 0.3 is 6.03 Å². The number of carbonyl (C=O) groups excluding carboxylic acids is 1. The minimum absolute atomic E-state index is 0.0831. The van der Waals surface area contributed by atoms with Gasteiger partial charge in [0, 0.05) is 31.4 Å². The molecule has 0 aromatic heterocycles. The molecule has 5 heteroatoms. The van der Waals surface area contributed by atoms with Crippen molar-refractivity contribution in [1.82, 2.24) is 5.32 Å². The second-order valence-electron chi connectivity index (χ2n) is 7.10. The molecule has 2 amide bonds. The third-order valence-corrected chi connectivity index (χ3v) is 5.52. The maximum absolute atomic E-state index is 12.7. The molecule has 1 N–H and O–H groups in total. The Morgan fingerprint density at radius 1 is 1.08 bits per heavy atom. The van der Waals surface area contributed by atoms with Gasteiger partial charge in [0.05, 0.1) is 18.9 Å². The highest BCUT2D eigenvalue weighted by molar-refractivity contribution is 5.95. The van der Waals surface area contributed by atoms with Gasteiger partial charge < -0.3 is 15.0 Å². The van der Waals surface area contributed by atoms with E-state index in [1.165, 1.54) is 30.5 Å². The molecule has 1 saturated heterocycles. The van der Waals surface area contributed by atoms with Crippen LogP contribution in [0.5, 0.6) is 0 Å². The monoisotopic (exact) mass is 329 g/mol. The van der Waals surface area contributed by atoms with Crippen LogP contribution in [0.2, 0.25) is 0 Å². The van der Waals surface area contributed by atoms with Crippen LogP contribution in [0, 0.1) is 0 Å². The maximum atomic E-state index is 12.7. The van der Waals surface area contributed by atoms with E-state index in [9.17, 15) is 4.79 Å². The first-order valence-electron chi connectivity index (χ1n) is 9.35. The summed E-state index contributed by atoms with van der Waals surface area (Å²) in [6.07, 6.45) is 6.99.